The predicted molar refractivity (Wildman–Crippen MR) is 73.1 cm³/mol. The number of hydrogen-bond acceptors (Lipinski definition) is 4. The largest absolute Gasteiger partial charge is 0.507 e. The molecule has 0 saturated carbocycles. The Balaban J connectivity index is 2.04. The number of phenols is 1. The average Bonchev–Trinajstić information content (AvgIpc) is 2.47. The lowest BCUT2D eigenvalue weighted by molar-refractivity contribution is 0.0469. The Hall–Kier alpha value is -2.80. The number of phenolic OH excluding ortho intramolecular Hbond substituents is 1. The van der Waals surface area contributed by atoms with E-state index in [1.54, 1.807) is 36.4 Å². The Bertz CT molecular complexity index is 669. The summed E-state index contributed by atoms with van der Waals surface area (Å²) in [4.78, 5) is 11.9. The van der Waals surface area contributed by atoms with Crippen molar-refractivity contribution in [3.8, 4) is 11.8 Å². The van der Waals surface area contributed by atoms with Crippen LogP contribution < -0.4 is 0 Å². The van der Waals surface area contributed by atoms with Crippen molar-refractivity contribution in [3.63, 3.8) is 0 Å². The van der Waals surface area contributed by atoms with E-state index < -0.39 is 5.97 Å². The van der Waals surface area contributed by atoms with Crippen LogP contribution in [0.3, 0.4) is 0 Å². The van der Waals surface area contributed by atoms with Crippen LogP contribution in [0.2, 0.25) is 0 Å². The van der Waals surface area contributed by atoms with Crippen molar-refractivity contribution in [3.05, 3.63) is 64.7 Å². The Kier molecular flexibility index (Phi) is 4.02. The number of ether oxygens (including phenoxy) is 1. The first kappa shape index (κ1) is 13.6. The molecular weight excluding hydrogens is 254 g/mol. The Morgan fingerprint density at radius 2 is 1.95 bits per heavy atom. The van der Waals surface area contributed by atoms with Crippen LogP contribution in [0.1, 0.15) is 27.0 Å². The maximum atomic E-state index is 11.9. The minimum Gasteiger partial charge on any atom is -0.507 e. The van der Waals surface area contributed by atoms with Crippen LogP contribution in [-0.4, -0.2) is 11.1 Å². The molecule has 0 aliphatic rings. The van der Waals surface area contributed by atoms with Crippen LogP contribution in [0.4, 0.5) is 0 Å². The number of benzene rings is 2. The predicted octanol–water partition coefficient (Wildman–Crippen LogP) is 2.93. The van der Waals surface area contributed by atoms with Gasteiger partial charge in [0, 0.05) is 0 Å². The van der Waals surface area contributed by atoms with E-state index in [-0.39, 0.29) is 17.9 Å². The molecule has 0 heterocycles. The summed E-state index contributed by atoms with van der Waals surface area (Å²) >= 11 is 0. The van der Waals surface area contributed by atoms with Gasteiger partial charge >= 0.3 is 5.97 Å². The third-order valence-corrected chi connectivity index (χ3v) is 2.82. The van der Waals surface area contributed by atoms with Crippen LogP contribution >= 0.6 is 0 Å². The molecule has 20 heavy (non-hydrogen) atoms. The fourth-order valence-electron chi connectivity index (χ4n) is 1.72. The lowest BCUT2D eigenvalue weighted by Crippen LogP contribution is -2.06. The molecule has 0 aromatic heterocycles. The number of nitrogens with zero attached hydrogens (tertiary/aromatic N) is 1. The lowest BCUT2D eigenvalue weighted by atomic mass is 10.1. The molecule has 4 nitrogen and oxygen atoms in total. The second-order valence-corrected chi connectivity index (χ2v) is 4.41. The Morgan fingerprint density at radius 1 is 1.25 bits per heavy atom. The summed E-state index contributed by atoms with van der Waals surface area (Å²) in [5.41, 5.74) is 2.35. The van der Waals surface area contributed by atoms with Crippen LogP contribution in [0.15, 0.2) is 42.5 Å². The van der Waals surface area contributed by atoms with E-state index in [9.17, 15) is 9.90 Å². The van der Waals surface area contributed by atoms with Crippen molar-refractivity contribution in [2.24, 2.45) is 0 Å². The van der Waals surface area contributed by atoms with Crippen molar-refractivity contribution in [2.45, 2.75) is 13.5 Å². The van der Waals surface area contributed by atoms with E-state index in [1.165, 1.54) is 6.07 Å². The van der Waals surface area contributed by atoms with Gasteiger partial charge in [0.15, 0.2) is 0 Å². The van der Waals surface area contributed by atoms with Gasteiger partial charge in [0.05, 0.1) is 11.6 Å². The second-order valence-electron chi connectivity index (χ2n) is 4.41. The molecule has 0 spiro atoms. The highest BCUT2D eigenvalue weighted by molar-refractivity contribution is 5.92. The van der Waals surface area contributed by atoms with E-state index >= 15 is 0 Å². The van der Waals surface area contributed by atoms with E-state index in [1.807, 2.05) is 13.0 Å². The number of carbonyl (C=O) groups excluding carboxylic acids is 1. The van der Waals surface area contributed by atoms with Gasteiger partial charge in [-0.3, -0.25) is 0 Å². The zero-order valence-corrected chi connectivity index (χ0v) is 11.0. The van der Waals surface area contributed by atoms with Gasteiger partial charge in [-0.2, -0.15) is 5.26 Å². The van der Waals surface area contributed by atoms with Crippen molar-refractivity contribution in [1.29, 1.82) is 5.26 Å². The smallest absolute Gasteiger partial charge is 0.342 e. The number of aromatic hydroxyl groups is 1. The topological polar surface area (TPSA) is 70.3 Å². The summed E-state index contributed by atoms with van der Waals surface area (Å²) in [5, 5.41) is 18.3. The number of nitriles is 1. The first-order chi connectivity index (χ1) is 9.60. The lowest BCUT2D eigenvalue weighted by Gasteiger charge is -2.07. The van der Waals surface area contributed by atoms with Gasteiger partial charge in [-0.15, -0.1) is 0 Å². The van der Waals surface area contributed by atoms with Crippen molar-refractivity contribution in [2.75, 3.05) is 0 Å². The summed E-state index contributed by atoms with van der Waals surface area (Å²) < 4.78 is 5.14. The van der Waals surface area contributed by atoms with E-state index in [0.717, 1.165) is 11.1 Å². The minimum absolute atomic E-state index is 0.0952. The molecule has 0 aliphatic heterocycles. The molecule has 2 aromatic rings. The van der Waals surface area contributed by atoms with E-state index in [4.69, 9.17) is 10.00 Å². The summed E-state index contributed by atoms with van der Waals surface area (Å²) in [7, 11) is 0. The summed E-state index contributed by atoms with van der Waals surface area (Å²) in [5.74, 6) is -0.670. The molecule has 0 bridgehead atoms. The quantitative estimate of drug-likeness (QED) is 0.868. The van der Waals surface area contributed by atoms with Crippen LogP contribution in [0, 0.1) is 18.3 Å². The Labute approximate surface area is 116 Å². The van der Waals surface area contributed by atoms with Crippen LogP contribution in [0.25, 0.3) is 0 Å². The maximum Gasteiger partial charge on any atom is 0.342 e. The highest BCUT2D eigenvalue weighted by Gasteiger charge is 2.12. The molecule has 0 aliphatic carbocycles. The highest BCUT2D eigenvalue weighted by Crippen LogP contribution is 2.19. The van der Waals surface area contributed by atoms with Crippen LogP contribution in [0.5, 0.6) is 5.75 Å². The van der Waals surface area contributed by atoms with Gasteiger partial charge in [0.25, 0.3) is 0 Å². The first-order valence-electron chi connectivity index (χ1n) is 6.06. The number of hydrogen-bond donors (Lipinski definition) is 1. The molecule has 0 unspecified atom stereocenters. The standard InChI is InChI=1S/C16H13NO3/c1-11-2-7-15(18)14(8-11)16(19)20-10-13-5-3-12(9-17)4-6-13/h2-8,18H,10H2,1H3. The SMILES string of the molecule is Cc1ccc(O)c(C(=O)OCc2ccc(C#N)cc2)c1. The second kappa shape index (κ2) is 5.89. The summed E-state index contributed by atoms with van der Waals surface area (Å²) in [6.07, 6.45) is 0. The van der Waals surface area contributed by atoms with Gasteiger partial charge in [0.1, 0.15) is 17.9 Å². The van der Waals surface area contributed by atoms with Crippen LogP contribution in [-0.2, 0) is 11.3 Å². The molecule has 2 rings (SSSR count). The first-order valence-corrected chi connectivity index (χ1v) is 6.06. The fourth-order valence-corrected chi connectivity index (χ4v) is 1.72. The molecule has 1 N–H and O–H groups in total. The minimum atomic E-state index is -0.574. The fraction of sp³-hybridized carbons (Fsp3) is 0.125. The number of carbonyl (C=O) groups is 1. The molecule has 0 saturated heterocycles. The zero-order valence-electron chi connectivity index (χ0n) is 11.0. The molecule has 0 amide bonds. The zero-order chi connectivity index (χ0) is 14.5. The number of esters is 1. The van der Waals surface area contributed by atoms with E-state index in [0.29, 0.717) is 5.56 Å². The molecule has 2 aromatic carbocycles. The van der Waals surface area contributed by atoms with Gasteiger partial charge < -0.3 is 9.84 Å². The van der Waals surface area contributed by atoms with E-state index in [2.05, 4.69) is 0 Å². The van der Waals surface area contributed by atoms with Crippen molar-refractivity contribution in [1.82, 2.24) is 0 Å². The van der Waals surface area contributed by atoms with Gasteiger partial charge in [-0.1, -0.05) is 23.8 Å². The molecular formula is C16H13NO3. The molecule has 100 valence electrons. The summed E-state index contributed by atoms with van der Waals surface area (Å²) in [6, 6.07) is 13.5. The van der Waals surface area contributed by atoms with Gasteiger partial charge in [-0.25, -0.2) is 4.79 Å². The Morgan fingerprint density at radius 3 is 2.60 bits per heavy atom. The molecule has 0 fully saturated rings. The maximum absolute atomic E-state index is 11.9. The van der Waals surface area contributed by atoms with Crippen molar-refractivity contribution < 1.29 is 14.6 Å². The molecule has 0 atom stereocenters. The molecule has 0 radical (unpaired) electrons. The molecule has 4 heteroatoms. The van der Waals surface area contributed by atoms with Crippen molar-refractivity contribution >= 4 is 5.97 Å². The van der Waals surface area contributed by atoms with Gasteiger partial charge in [-0.05, 0) is 36.8 Å². The average molecular weight is 267 g/mol. The number of rotatable bonds is 3. The number of aryl methyl sites for hydroxylation is 1. The normalized spacial score (nSPS) is 9.80. The summed E-state index contributed by atoms with van der Waals surface area (Å²) in [6.45, 7) is 1.93. The van der Waals surface area contributed by atoms with Gasteiger partial charge in [0.2, 0.25) is 0 Å². The highest BCUT2D eigenvalue weighted by atomic mass is 16.5. The monoisotopic (exact) mass is 267 g/mol. The third-order valence-electron chi connectivity index (χ3n) is 2.82. The third kappa shape index (κ3) is 3.15.